The molecule has 1 fully saturated rings. The first-order chi connectivity index (χ1) is 25.5. The van der Waals surface area contributed by atoms with Crippen molar-refractivity contribution >= 4 is 29.5 Å². The predicted octanol–water partition coefficient (Wildman–Crippen LogP) is 6.10. The van der Waals surface area contributed by atoms with Gasteiger partial charge in [-0.1, -0.05) is 54.6 Å². The highest BCUT2D eigenvalue weighted by molar-refractivity contribution is 5.95. The largest absolute Gasteiger partial charge is 0.416 e. The Kier molecular flexibility index (Phi) is 13.4. The van der Waals surface area contributed by atoms with E-state index in [0.29, 0.717) is 38.3 Å². The van der Waals surface area contributed by atoms with Crippen molar-refractivity contribution in [2.75, 3.05) is 51.3 Å². The second-order valence-electron chi connectivity index (χ2n) is 13.0. The Bertz CT molecular complexity index is 1810. The summed E-state index contributed by atoms with van der Waals surface area (Å²) in [4.78, 5) is 51.3. The highest BCUT2D eigenvalue weighted by Crippen LogP contribution is 2.29. The van der Waals surface area contributed by atoms with E-state index in [1.165, 1.54) is 29.2 Å². The van der Waals surface area contributed by atoms with Crippen LogP contribution in [0.2, 0.25) is 0 Å². The molecule has 0 radical (unpaired) electrons. The van der Waals surface area contributed by atoms with Gasteiger partial charge in [-0.2, -0.15) is 13.2 Å². The van der Waals surface area contributed by atoms with Crippen molar-refractivity contribution in [2.45, 2.75) is 38.7 Å². The molecule has 0 bridgehead atoms. The molecule has 1 aromatic heterocycles. The number of anilines is 1. The van der Waals surface area contributed by atoms with Crippen LogP contribution in [-0.2, 0) is 44.9 Å². The summed E-state index contributed by atoms with van der Waals surface area (Å²) in [6, 6.07) is 24.6. The molecule has 0 N–H and O–H groups in total. The maximum atomic E-state index is 14.3. The second kappa shape index (κ2) is 18.3. The fourth-order valence-corrected chi connectivity index (χ4v) is 6.08. The second-order valence-corrected chi connectivity index (χ2v) is 13.0. The van der Waals surface area contributed by atoms with Crippen molar-refractivity contribution in [3.8, 4) is 0 Å². The summed E-state index contributed by atoms with van der Waals surface area (Å²) >= 11 is 0. The number of aromatic nitrogens is 1. The lowest BCUT2D eigenvalue weighted by Gasteiger charge is -2.36. The van der Waals surface area contributed by atoms with Gasteiger partial charge < -0.3 is 24.3 Å². The first-order valence-electron chi connectivity index (χ1n) is 17.5. The van der Waals surface area contributed by atoms with Crippen molar-refractivity contribution in [3.05, 3.63) is 137 Å². The molecule has 53 heavy (non-hydrogen) atoms. The van der Waals surface area contributed by atoms with Gasteiger partial charge in [0.15, 0.2) is 0 Å². The van der Waals surface area contributed by atoms with Crippen LogP contribution in [0.1, 0.15) is 34.7 Å². The van der Waals surface area contributed by atoms with Crippen LogP contribution in [0.5, 0.6) is 0 Å². The number of hydrogen-bond acceptors (Lipinski definition) is 6. The van der Waals surface area contributed by atoms with Crippen LogP contribution in [-0.4, -0.2) is 89.8 Å². The van der Waals surface area contributed by atoms with Gasteiger partial charge in [0.1, 0.15) is 6.04 Å². The number of carbonyl (C=O) groups is 3. The molecule has 9 nitrogen and oxygen atoms in total. The van der Waals surface area contributed by atoms with Gasteiger partial charge in [-0.3, -0.25) is 19.4 Å². The van der Waals surface area contributed by atoms with E-state index in [-0.39, 0.29) is 37.9 Å². The number of ether oxygens (including phenoxy) is 1. The Balaban J connectivity index is 1.38. The van der Waals surface area contributed by atoms with Gasteiger partial charge in [-0.25, -0.2) is 0 Å². The molecule has 4 aromatic rings. The maximum Gasteiger partial charge on any atom is 0.416 e. The third kappa shape index (κ3) is 11.2. The van der Waals surface area contributed by atoms with Crippen molar-refractivity contribution in [3.63, 3.8) is 0 Å². The number of carbonyl (C=O) groups excluding carboxylic acids is 3. The molecule has 3 aromatic carbocycles. The molecule has 1 aliphatic rings. The highest BCUT2D eigenvalue weighted by Gasteiger charge is 2.32. The predicted molar refractivity (Wildman–Crippen MR) is 197 cm³/mol. The summed E-state index contributed by atoms with van der Waals surface area (Å²) in [5.74, 6) is -0.691. The molecular formula is C41H44F3N5O4. The minimum absolute atomic E-state index is 0.0554. The smallest absolute Gasteiger partial charge is 0.375 e. The van der Waals surface area contributed by atoms with Gasteiger partial charge in [-0.15, -0.1) is 0 Å². The molecule has 0 saturated carbocycles. The number of nitrogens with zero attached hydrogens (tertiary/aromatic N) is 5. The third-order valence-corrected chi connectivity index (χ3v) is 9.22. The molecule has 278 valence electrons. The molecule has 0 aliphatic carbocycles. The molecule has 1 aliphatic heterocycles. The zero-order valence-corrected chi connectivity index (χ0v) is 29.9. The van der Waals surface area contributed by atoms with Crippen molar-refractivity contribution in [2.24, 2.45) is 0 Å². The lowest BCUT2D eigenvalue weighted by Crippen LogP contribution is -2.51. The summed E-state index contributed by atoms with van der Waals surface area (Å²) in [7, 11) is 1.68. The number of likely N-dealkylation sites (N-methyl/N-ethyl adjacent to an activating group) is 1. The quantitative estimate of drug-likeness (QED) is 0.115. The van der Waals surface area contributed by atoms with E-state index in [4.69, 9.17) is 4.74 Å². The summed E-state index contributed by atoms with van der Waals surface area (Å²) in [6.45, 7) is 5.25. The van der Waals surface area contributed by atoms with Crippen LogP contribution >= 0.6 is 0 Å². The van der Waals surface area contributed by atoms with E-state index in [9.17, 15) is 27.6 Å². The van der Waals surface area contributed by atoms with E-state index in [1.807, 2.05) is 71.6 Å². The van der Waals surface area contributed by atoms with Gasteiger partial charge in [0, 0.05) is 83.8 Å². The lowest BCUT2D eigenvalue weighted by atomic mass is 10.0. The van der Waals surface area contributed by atoms with Crippen LogP contribution in [0.3, 0.4) is 0 Å². The maximum absolute atomic E-state index is 14.3. The van der Waals surface area contributed by atoms with Crippen LogP contribution in [0.25, 0.3) is 6.08 Å². The van der Waals surface area contributed by atoms with Crippen molar-refractivity contribution in [1.82, 2.24) is 19.7 Å². The van der Waals surface area contributed by atoms with Crippen molar-refractivity contribution in [1.29, 1.82) is 0 Å². The summed E-state index contributed by atoms with van der Waals surface area (Å²) < 4.78 is 45.3. The van der Waals surface area contributed by atoms with Gasteiger partial charge in [0.25, 0.3) is 0 Å². The van der Waals surface area contributed by atoms with Gasteiger partial charge in [-0.05, 0) is 64.7 Å². The Hall–Kier alpha value is -5.49. The fraction of sp³-hybridized carbons (Fsp3) is 0.317. The van der Waals surface area contributed by atoms with Crippen molar-refractivity contribution < 1.29 is 32.3 Å². The number of halogens is 3. The Morgan fingerprint density at radius 1 is 0.849 bits per heavy atom. The average Bonchev–Trinajstić information content (AvgIpc) is 3.17. The van der Waals surface area contributed by atoms with Crippen LogP contribution in [0.15, 0.2) is 109 Å². The molecule has 1 atom stereocenters. The zero-order valence-electron chi connectivity index (χ0n) is 29.9. The molecular weight excluding hydrogens is 683 g/mol. The fourth-order valence-electron chi connectivity index (χ4n) is 6.08. The lowest BCUT2D eigenvalue weighted by molar-refractivity contribution is -0.143. The topological polar surface area (TPSA) is 86.3 Å². The van der Waals surface area contributed by atoms with E-state index in [1.54, 1.807) is 31.3 Å². The highest BCUT2D eigenvalue weighted by atomic mass is 19.4. The molecule has 1 unspecified atom stereocenters. The normalized spacial score (nSPS) is 13.9. The summed E-state index contributed by atoms with van der Waals surface area (Å²) in [5, 5.41) is 0. The number of amides is 3. The van der Waals surface area contributed by atoms with E-state index in [2.05, 4.69) is 9.88 Å². The molecule has 1 saturated heterocycles. The summed E-state index contributed by atoms with van der Waals surface area (Å²) in [6.07, 6.45) is 1.89. The van der Waals surface area contributed by atoms with E-state index < -0.39 is 23.7 Å². The molecule has 2 heterocycles. The van der Waals surface area contributed by atoms with Crippen LogP contribution in [0.4, 0.5) is 18.9 Å². The number of pyridine rings is 1. The monoisotopic (exact) mass is 727 g/mol. The summed E-state index contributed by atoms with van der Waals surface area (Å²) in [5.41, 5.74) is 3.22. The number of benzene rings is 3. The van der Waals surface area contributed by atoms with Crippen LogP contribution < -0.4 is 4.90 Å². The number of piperazine rings is 1. The molecule has 3 amide bonds. The first kappa shape index (κ1) is 38.7. The van der Waals surface area contributed by atoms with Gasteiger partial charge in [0.05, 0.1) is 18.8 Å². The van der Waals surface area contributed by atoms with Gasteiger partial charge in [0.2, 0.25) is 17.7 Å². The minimum Gasteiger partial charge on any atom is -0.375 e. The number of rotatable bonds is 14. The SMILES string of the molecule is CC(=O)N1CCN(c2ccc(CN(C(=O)C=Cc3ccc(C(F)(F)F)cc3)C(Cc3ccccc3)C(=O)N(C)CCOCc3ccncc3)cc2)CC1. The number of alkyl halides is 3. The molecule has 5 rings (SSSR count). The number of hydrogen-bond donors (Lipinski definition) is 0. The standard InChI is InChI=1S/C41H44F3N5O4/c1-31(50)47-22-24-48(25-23-47)37-15-10-34(11-16-37)29-49(39(51)17-12-32-8-13-36(14-9-32)41(42,43)44)38(28-33-6-4-3-5-7-33)40(52)46(2)26-27-53-30-35-18-20-45-21-19-35/h3-21,38H,22-30H2,1-2H3. The average molecular weight is 728 g/mol. The third-order valence-electron chi connectivity index (χ3n) is 9.22. The zero-order chi connectivity index (χ0) is 37.8. The molecule has 12 heteroatoms. The Labute approximate surface area is 308 Å². The first-order valence-corrected chi connectivity index (χ1v) is 17.5. The van der Waals surface area contributed by atoms with Crippen LogP contribution in [0, 0.1) is 0 Å². The minimum atomic E-state index is -4.48. The Morgan fingerprint density at radius 3 is 2.13 bits per heavy atom. The van der Waals surface area contributed by atoms with Gasteiger partial charge >= 0.3 is 6.18 Å². The van der Waals surface area contributed by atoms with E-state index in [0.717, 1.165) is 34.5 Å². The molecule has 0 spiro atoms. The Morgan fingerprint density at radius 2 is 1.51 bits per heavy atom. The van der Waals surface area contributed by atoms with E-state index >= 15 is 0 Å².